The quantitative estimate of drug-likeness (QED) is 0.707. The maximum Gasteiger partial charge on any atom is 0.417 e. The second-order valence-corrected chi connectivity index (χ2v) is 6.81. The predicted molar refractivity (Wildman–Crippen MR) is 103 cm³/mol. The van der Waals surface area contributed by atoms with Crippen LogP contribution < -0.4 is 10.2 Å². The molecule has 1 aliphatic rings. The maximum absolute atomic E-state index is 13.1. The maximum atomic E-state index is 13.1. The fourth-order valence-electron chi connectivity index (χ4n) is 3.32. The Morgan fingerprint density at radius 2 is 1.93 bits per heavy atom. The van der Waals surface area contributed by atoms with Crippen LogP contribution >= 0.6 is 0 Å². The molecule has 4 heterocycles. The summed E-state index contributed by atoms with van der Waals surface area (Å²) in [5, 5.41) is 2.67. The summed E-state index contributed by atoms with van der Waals surface area (Å²) in [4.78, 5) is 30.9. The van der Waals surface area contributed by atoms with Gasteiger partial charge in [-0.1, -0.05) is 0 Å². The average molecular weight is 414 g/mol. The number of amides is 1. The summed E-state index contributed by atoms with van der Waals surface area (Å²) in [5.74, 6) is -0.308. The summed E-state index contributed by atoms with van der Waals surface area (Å²) in [6, 6.07) is 5.94. The van der Waals surface area contributed by atoms with Gasteiger partial charge in [0.25, 0.3) is 5.91 Å². The van der Waals surface area contributed by atoms with Gasteiger partial charge in [-0.25, -0.2) is 9.97 Å². The van der Waals surface area contributed by atoms with E-state index in [0.29, 0.717) is 31.2 Å². The minimum Gasteiger partial charge on any atom is -0.347 e. The van der Waals surface area contributed by atoms with Crippen LogP contribution in [0.1, 0.15) is 22.3 Å². The Kier molecular flexibility index (Phi) is 5.30. The van der Waals surface area contributed by atoms with Crippen LogP contribution in [0.2, 0.25) is 0 Å². The van der Waals surface area contributed by atoms with E-state index in [1.807, 2.05) is 17.0 Å². The molecule has 3 aromatic rings. The fourth-order valence-corrected chi connectivity index (χ4v) is 3.32. The van der Waals surface area contributed by atoms with Crippen LogP contribution in [0, 0.1) is 0 Å². The number of nitrogens with one attached hydrogen (secondary N) is 1. The van der Waals surface area contributed by atoms with Crippen molar-refractivity contribution in [3.63, 3.8) is 0 Å². The third-order valence-corrected chi connectivity index (χ3v) is 4.78. The number of hydrogen-bond donors (Lipinski definition) is 1. The number of pyridine rings is 2. The van der Waals surface area contributed by atoms with Crippen LogP contribution in [-0.4, -0.2) is 45.0 Å². The first-order valence-corrected chi connectivity index (χ1v) is 9.22. The molecule has 3 aromatic heterocycles. The van der Waals surface area contributed by atoms with Gasteiger partial charge >= 0.3 is 6.18 Å². The molecule has 7 nitrogen and oxygen atoms in total. The normalized spacial score (nSPS) is 16.5. The van der Waals surface area contributed by atoms with E-state index < -0.39 is 23.2 Å². The first-order chi connectivity index (χ1) is 14.4. The number of carbonyl (C=O) groups excluding carboxylic acids is 1. The highest BCUT2D eigenvalue weighted by atomic mass is 19.4. The lowest BCUT2D eigenvalue weighted by atomic mass is 10.1. The SMILES string of the molecule is O=C(NC1CCN(c2nccc(-c3cccnc3)n2)C1)c1cnccc1C(F)(F)F. The molecule has 0 bridgehead atoms. The van der Waals surface area contributed by atoms with E-state index in [1.54, 1.807) is 24.7 Å². The van der Waals surface area contributed by atoms with Gasteiger partial charge in [0.15, 0.2) is 0 Å². The zero-order valence-corrected chi connectivity index (χ0v) is 15.7. The number of hydrogen-bond acceptors (Lipinski definition) is 6. The predicted octanol–water partition coefficient (Wildman–Crippen LogP) is 2.96. The number of rotatable bonds is 4. The van der Waals surface area contributed by atoms with Crippen LogP contribution in [0.3, 0.4) is 0 Å². The van der Waals surface area contributed by atoms with E-state index in [2.05, 4.69) is 25.3 Å². The molecule has 10 heteroatoms. The molecule has 0 spiro atoms. The van der Waals surface area contributed by atoms with Gasteiger partial charge in [-0.05, 0) is 30.7 Å². The molecule has 1 saturated heterocycles. The van der Waals surface area contributed by atoms with Gasteiger partial charge in [-0.15, -0.1) is 0 Å². The lowest BCUT2D eigenvalue weighted by molar-refractivity contribution is -0.138. The minimum absolute atomic E-state index is 0.329. The summed E-state index contributed by atoms with van der Waals surface area (Å²) >= 11 is 0. The van der Waals surface area contributed by atoms with Crippen LogP contribution in [0.15, 0.2) is 55.2 Å². The molecule has 0 aromatic carbocycles. The second kappa shape index (κ2) is 8.05. The number of alkyl halides is 3. The smallest absolute Gasteiger partial charge is 0.347 e. The highest BCUT2D eigenvalue weighted by Gasteiger charge is 2.36. The molecule has 1 amide bonds. The van der Waals surface area contributed by atoms with E-state index in [0.717, 1.165) is 24.0 Å². The van der Waals surface area contributed by atoms with Crippen LogP contribution in [-0.2, 0) is 6.18 Å². The molecular weight excluding hydrogens is 397 g/mol. The Labute approximate surface area is 170 Å². The number of carbonyl (C=O) groups is 1. The first-order valence-electron chi connectivity index (χ1n) is 9.22. The number of anilines is 1. The molecule has 1 aliphatic heterocycles. The standard InChI is InChI=1S/C20H17F3N6O/c21-20(22,23)16-3-7-25-11-15(16)18(30)27-14-5-9-29(12-14)19-26-8-4-17(28-19)13-2-1-6-24-10-13/h1-4,6-8,10-11,14H,5,9,12H2,(H,27,30). The van der Waals surface area contributed by atoms with Crippen molar-refractivity contribution in [1.29, 1.82) is 0 Å². The highest BCUT2D eigenvalue weighted by molar-refractivity contribution is 5.95. The molecule has 0 aliphatic carbocycles. The fraction of sp³-hybridized carbons (Fsp3) is 0.250. The topological polar surface area (TPSA) is 83.9 Å². The van der Waals surface area contributed by atoms with E-state index in [-0.39, 0.29) is 6.04 Å². The van der Waals surface area contributed by atoms with Crippen molar-refractivity contribution >= 4 is 11.9 Å². The third kappa shape index (κ3) is 4.22. The van der Waals surface area contributed by atoms with Crippen LogP contribution in [0.4, 0.5) is 19.1 Å². The summed E-state index contributed by atoms with van der Waals surface area (Å²) in [6.07, 6.45) is 2.90. The van der Waals surface area contributed by atoms with Crippen molar-refractivity contribution in [1.82, 2.24) is 25.3 Å². The molecule has 154 valence electrons. The van der Waals surface area contributed by atoms with E-state index >= 15 is 0 Å². The van der Waals surface area contributed by atoms with E-state index in [4.69, 9.17) is 0 Å². The van der Waals surface area contributed by atoms with Gasteiger partial charge in [0.2, 0.25) is 5.95 Å². The van der Waals surface area contributed by atoms with Gasteiger partial charge in [0.1, 0.15) is 0 Å². The molecule has 4 rings (SSSR count). The zero-order chi connectivity index (χ0) is 21.1. The van der Waals surface area contributed by atoms with Crippen molar-refractivity contribution in [2.45, 2.75) is 18.6 Å². The Morgan fingerprint density at radius 3 is 2.70 bits per heavy atom. The number of aromatic nitrogens is 4. The van der Waals surface area contributed by atoms with Crippen molar-refractivity contribution in [3.05, 3.63) is 66.4 Å². The summed E-state index contributed by atoms with van der Waals surface area (Å²) < 4.78 is 39.4. The van der Waals surface area contributed by atoms with Crippen LogP contribution in [0.25, 0.3) is 11.3 Å². The Bertz CT molecular complexity index is 1040. The molecular formula is C20H17F3N6O. The molecule has 1 atom stereocenters. The molecule has 1 N–H and O–H groups in total. The lowest BCUT2D eigenvalue weighted by Crippen LogP contribution is -2.38. The van der Waals surface area contributed by atoms with Gasteiger partial charge in [-0.2, -0.15) is 13.2 Å². The largest absolute Gasteiger partial charge is 0.417 e. The average Bonchev–Trinajstić information content (AvgIpc) is 3.22. The van der Waals surface area contributed by atoms with Crippen molar-refractivity contribution in [2.24, 2.45) is 0 Å². The van der Waals surface area contributed by atoms with Crippen LogP contribution in [0.5, 0.6) is 0 Å². The van der Waals surface area contributed by atoms with E-state index in [1.165, 1.54) is 0 Å². The highest BCUT2D eigenvalue weighted by Crippen LogP contribution is 2.31. The number of halogens is 3. The molecule has 0 saturated carbocycles. The Hall–Kier alpha value is -3.56. The minimum atomic E-state index is -4.63. The van der Waals surface area contributed by atoms with Gasteiger partial charge in [-0.3, -0.25) is 14.8 Å². The summed E-state index contributed by atoms with van der Waals surface area (Å²) in [5.41, 5.74) is 0.0721. The second-order valence-electron chi connectivity index (χ2n) is 6.81. The van der Waals surface area contributed by atoms with Gasteiger partial charge in [0, 0.05) is 55.7 Å². The van der Waals surface area contributed by atoms with Gasteiger partial charge < -0.3 is 10.2 Å². The Morgan fingerprint density at radius 1 is 1.10 bits per heavy atom. The van der Waals surface area contributed by atoms with E-state index in [9.17, 15) is 18.0 Å². The first kappa shape index (κ1) is 19.7. The molecule has 1 fully saturated rings. The monoisotopic (exact) mass is 414 g/mol. The number of nitrogens with zero attached hydrogens (tertiary/aromatic N) is 5. The summed E-state index contributed by atoms with van der Waals surface area (Å²) in [7, 11) is 0. The Balaban J connectivity index is 1.45. The molecule has 30 heavy (non-hydrogen) atoms. The van der Waals surface area contributed by atoms with Crippen molar-refractivity contribution in [3.8, 4) is 11.3 Å². The van der Waals surface area contributed by atoms with Crippen molar-refractivity contribution in [2.75, 3.05) is 18.0 Å². The molecule has 0 radical (unpaired) electrons. The van der Waals surface area contributed by atoms with Gasteiger partial charge in [0.05, 0.1) is 16.8 Å². The summed E-state index contributed by atoms with van der Waals surface area (Å²) in [6.45, 7) is 0.963. The zero-order valence-electron chi connectivity index (χ0n) is 15.7. The molecule has 1 unspecified atom stereocenters. The lowest BCUT2D eigenvalue weighted by Gasteiger charge is -2.18. The van der Waals surface area contributed by atoms with Crippen molar-refractivity contribution < 1.29 is 18.0 Å². The third-order valence-electron chi connectivity index (χ3n) is 4.78.